The van der Waals surface area contributed by atoms with Crippen LogP contribution < -0.4 is 4.74 Å². The van der Waals surface area contributed by atoms with Crippen LogP contribution in [0.15, 0.2) is 36.4 Å². The Hall–Kier alpha value is -3.42. The molecule has 8 heteroatoms. The van der Waals surface area contributed by atoms with Crippen LogP contribution in [0.3, 0.4) is 0 Å². The van der Waals surface area contributed by atoms with Gasteiger partial charge in [0.2, 0.25) is 0 Å². The second kappa shape index (κ2) is 5.41. The summed E-state index contributed by atoms with van der Waals surface area (Å²) in [7, 11) is 1.43. The molecule has 0 radical (unpaired) electrons. The summed E-state index contributed by atoms with van der Waals surface area (Å²) in [5.74, 6) is -0.688. The smallest absolute Gasteiger partial charge is 0.335 e. The highest BCUT2D eigenvalue weighted by Gasteiger charge is 2.21. The molecular formula is C15H11N3O5. The molecule has 8 nitrogen and oxygen atoms in total. The lowest BCUT2D eigenvalue weighted by molar-refractivity contribution is -0.384. The number of nitrogens with zero attached hydrogens (tertiary/aromatic N) is 2. The second-order valence-electron chi connectivity index (χ2n) is 4.78. The fourth-order valence-electron chi connectivity index (χ4n) is 2.35. The largest absolute Gasteiger partial charge is 0.497 e. The number of ether oxygens (including phenoxy) is 1. The van der Waals surface area contributed by atoms with Gasteiger partial charge in [-0.1, -0.05) is 0 Å². The van der Waals surface area contributed by atoms with E-state index in [1.807, 2.05) is 0 Å². The number of carboxylic acid groups (broad SMARTS) is 1. The van der Waals surface area contributed by atoms with Crippen LogP contribution in [0.2, 0.25) is 0 Å². The molecule has 0 aliphatic carbocycles. The van der Waals surface area contributed by atoms with Crippen molar-refractivity contribution in [2.24, 2.45) is 0 Å². The third-order valence-electron chi connectivity index (χ3n) is 3.47. The maximum absolute atomic E-state index is 11.3. The quantitative estimate of drug-likeness (QED) is 0.564. The van der Waals surface area contributed by atoms with Crippen LogP contribution in [0.25, 0.3) is 22.2 Å². The number of aromatic carboxylic acids is 1. The zero-order chi connectivity index (χ0) is 16.6. The molecule has 0 aliphatic heterocycles. The van der Waals surface area contributed by atoms with Crippen molar-refractivity contribution in [1.82, 2.24) is 10.2 Å². The molecule has 0 aliphatic rings. The molecule has 3 aromatic rings. The Balaban J connectivity index is 2.21. The van der Waals surface area contributed by atoms with Gasteiger partial charge in [-0.3, -0.25) is 15.2 Å². The maximum Gasteiger partial charge on any atom is 0.335 e. The van der Waals surface area contributed by atoms with Crippen LogP contribution in [-0.4, -0.2) is 33.3 Å². The van der Waals surface area contributed by atoms with Crippen LogP contribution in [0.1, 0.15) is 10.4 Å². The highest BCUT2D eigenvalue weighted by atomic mass is 16.6. The van der Waals surface area contributed by atoms with Crippen LogP contribution in [0.5, 0.6) is 5.75 Å². The molecule has 0 spiro atoms. The van der Waals surface area contributed by atoms with E-state index in [0.717, 1.165) is 0 Å². The van der Waals surface area contributed by atoms with Crippen molar-refractivity contribution >= 4 is 22.6 Å². The molecule has 0 amide bonds. The predicted molar refractivity (Wildman–Crippen MR) is 81.7 cm³/mol. The maximum atomic E-state index is 11.3. The summed E-state index contributed by atoms with van der Waals surface area (Å²) in [6, 6.07) is 8.92. The number of nitro benzene ring substituents is 1. The molecule has 1 heterocycles. The number of H-pyrrole nitrogens is 1. The van der Waals surface area contributed by atoms with E-state index in [1.54, 1.807) is 18.2 Å². The molecule has 0 fully saturated rings. The van der Waals surface area contributed by atoms with Crippen LogP contribution in [-0.2, 0) is 0 Å². The highest BCUT2D eigenvalue weighted by Crippen LogP contribution is 2.35. The predicted octanol–water partition coefficient (Wildman–Crippen LogP) is 2.84. The minimum absolute atomic E-state index is 0.108. The van der Waals surface area contributed by atoms with E-state index in [2.05, 4.69) is 10.2 Å². The fourth-order valence-corrected chi connectivity index (χ4v) is 2.35. The molecular weight excluding hydrogens is 302 g/mol. The number of nitrogens with one attached hydrogen (secondary N) is 1. The highest BCUT2D eigenvalue weighted by molar-refractivity contribution is 5.99. The van der Waals surface area contributed by atoms with Crippen molar-refractivity contribution in [1.29, 1.82) is 0 Å². The topological polar surface area (TPSA) is 118 Å². The Morgan fingerprint density at radius 2 is 2.09 bits per heavy atom. The number of methoxy groups -OCH3 is 1. The molecule has 3 rings (SSSR count). The number of rotatable bonds is 4. The Kier molecular flexibility index (Phi) is 3.41. The van der Waals surface area contributed by atoms with Gasteiger partial charge in [-0.2, -0.15) is 5.10 Å². The number of carbonyl (C=O) groups is 1. The van der Waals surface area contributed by atoms with Gasteiger partial charge in [-0.25, -0.2) is 4.79 Å². The number of aromatic nitrogens is 2. The Bertz CT molecular complexity index is 932. The van der Waals surface area contributed by atoms with E-state index < -0.39 is 10.9 Å². The normalized spacial score (nSPS) is 10.7. The SMILES string of the molecule is COc1ccc(-c2n[nH]c3cc(C(=O)O)ccc23)c([N+](=O)[O-])c1. The van der Waals surface area contributed by atoms with E-state index >= 15 is 0 Å². The van der Waals surface area contributed by atoms with Crippen molar-refractivity contribution in [2.45, 2.75) is 0 Å². The van der Waals surface area contributed by atoms with Gasteiger partial charge in [0.05, 0.1) is 34.7 Å². The van der Waals surface area contributed by atoms with Crippen molar-refractivity contribution in [3.8, 4) is 17.0 Å². The molecule has 0 bridgehead atoms. The number of fused-ring (bicyclic) bond motifs is 1. The van der Waals surface area contributed by atoms with Crippen molar-refractivity contribution in [3.63, 3.8) is 0 Å². The van der Waals surface area contributed by atoms with Crippen LogP contribution in [0, 0.1) is 10.1 Å². The number of hydrogen-bond donors (Lipinski definition) is 2. The number of aromatic amines is 1. The minimum atomic E-state index is -1.06. The standard InChI is InChI=1S/C15H11N3O5/c1-23-9-3-5-11(13(7-9)18(21)22)14-10-4-2-8(15(19)20)6-12(10)16-17-14/h2-7H,1H3,(H,16,17)(H,19,20). The summed E-state index contributed by atoms with van der Waals surface area (Å²) >= 11 is 0. The van der Waals surface area contributed by atoms with E-state index in [0.29, 0.717) is 27.9 Å². The number of hydrogen-bond acceptors (Lipinski definition) is 5. The summed E-state index contributed by atoms with van der Waals surface area (Å²) in [5, 5.41) is 27.7. The zero-order valence-corrected chi connectivity index (χ0v) is 11.9. The first-order valence-electron chi connectivity index (χ1n) is 6.55. The Morgan fingerprint density at radius 1 is 1.30 bits per heavy atom. The Morgan fingerprint density at radius 3 is 2.74 bits per heavy atom. The van der Waals surface area contributed by atoms with Gasteiger partial charge in [0.25, 0.3) is 5.69 Å². The molecule has 0 saturated heterocycles. The minimum Gasteiger partial charge on any atom is -0.497 e. The van der Waals surface area contributed by atoms with Crippen LogP contribution in [0.4, 0.5) is 5.69 Å². The molecule has 2 N–H and O–H groups in total. The molecule has 2 aromatic carbocycles. The zero-order valence-electron chi connectivity index (χ0n) is 11.9. The lowest BCUT2D eigenvalue weighted by Gasteiger charge is -2.04. The molecule has 0 saturated carbocycles. The monoisotopic (exact) mass is 313 g/mol. The van der Waals surface area contributed by atoms with Gasteiger partial charge in [0.1, 0.15) is 11.4 Å². The summed E-state index contributed by atoms with van der Waals surface area (Å²) in [6.07, 6.45) is 0. The average molecular weight is 313 g/mol. The van der Waals surface area contributed by atoms with Gasteiger partial charge < -0.3 is 9.84 Å². The van der Waals surface area contributed by atoms with Gasteiger partial charge in [0.15, 0.2) is 0 Å². The number of carboxylic acids is 1. The molecule has 23 heavy (non-hydrogen) atoms. The van der Waals surface area contributed by atoms with E-state index in [4.69, 9.17) is 9.84 Å². The summed E-state index contributed by atoms with van der Waals surface area (Å²) in [6.45, 7) is 0. The number of benzene rings is 2. The van der Waals surface area contributed by atoms with E-state index in [1.165, 1.54) is 25.3 Å². The van der Waals surface area contributed by atoms with E-state index in [9.17, 15) is 14.9 Å². The first kappa shape index (κ1) is 14.5. The molecule has 0 atom stereocenters. The lowest BCUT2D eigenvalue weighted by atomic mass is 10.0. The van der Waals surface area contributed by atoms with Crippen molar-refractivity contribution in [3.05, 3.63) is 52.1 Å². The second-order valence-corrected chi connectivity index (χ2v) is 4.78. The number of nitro groups is 1. The summed E-state index contributed by atoms with van der Waals surface area (Å²) < 4.78 is 5.01. The van der Waals surface area contributed by atoms with Crippen molar-refractivity contribution < 1.29 is 19.6 Å². The average Bonchev–Trinajstić information content (AvgIpc) is 2.97. The third kappa shape index (κ3) is 2.46. The lowest BCUT2D eigenvalue weighted by Crippen LogP contribution is -1.95. The third-order valence-corrected chi connectivity index (χ3v) is 3.47. The summed E-state index contributed by atoms with van der Waals surface area (Å²) in [4.78, 5) is 21.8. The van der Waals surface area contributed by atoms with Gasteiger partial charge >= 0.3 is 5.97 Å². The molecule has 1 aromatic heterocycles. The van der Waals surface area contributed by atoms with Gasteiger partial charge in [-0.15, -0.1) is 0 Å². The van der Waals surface area contributed by atoms with Crippen LogP contribution >= 0.6 is 0 Å². The molecule has 116 valence electrons. The van der Waals surface area contributed by atoms with Crippen molar-refractivity contribution in [2.75, 3.05) is 7.11 Å². The van der Waals surface area contributed by atoms with E-state index in [-0.39, 0.29) is 11.3 Å². The summed E-state index contributed by atoms with van der Waals surface area (Å²) in [5.41, 5.74) is 1.17. The first-order chi connectivity index (χ1) is 11.0. The first-order valence-corrected chi connectivity index (χ1v) is 6.55. The van der Waals surface area contributed by atoms with Gasteiger partial charge in [0, 0.05) is 5.39 Å². The Labute approximate surface area is 129 Å². The van der Waals surface area contributed by atoms with Gasteiger partial charge in [-0.05, 0) is 30.3 Å². The fraction of sp³-hybridized carbons (Fsp3) is 0.0667. The molecule has 0 unspecified atom stereocenters.